The highest BCUT2D eigenvalue weighted by molar-refractivity contribution is 7.98. The molecule has 1 aliphatic heterocycles. The fourth-order valence-electron chi connectivity index (χ4n) is 3.29. The van der Waals surface area contributed by atoms with Gasteiger partial charge in [-0.3, -0.25) is 14.6 Å². The number of hydrogen-bond acceptors (Lipinski definition) is 6. The van der Waals surface area contributed by atoms with E-state index in [1.807, 2.05) is 53.6 Å². The van der Waals surface area contributed by atoms with Gasteiger partial charge in [-0.25, -0.2) is 4.98 Å². The first kappa shape index (κ1) is 19.4. The van der Waals surface area contributed by atoms with Crippen LogP contribution in [0.3, 0.4) is 0 Å². The number of hydrogen-bond donors (Lipinski definition) is 0. The van der Waals surface area contributed by atoms with Crippen LogP contribution in [0, 0.1) is 0 Å². The Labute approximate surface area is 173 Å². The lowest BCUT2D eigenvalue weighted by atomic mass is 10.2. The number of morpholine rings is 1. The van der Waals surface area contributed by atoms with Gasteiger partial charge in [0, 0.05) is 31.1 Å². The Morgan fingerprint density at radius 3 is 2.71 bits per heavy atom. The minimum Gasteiger partial charge on any atom is -0.379 e. The molecule has 1 aliphatic rings. The third-order valence-corrected chi connectivity index (χ3v) is 6.69. The number of rotatable bonds is 6. The number of nitrogens with zero attached hydrogens (tertiary/aromatic N) is 3. The van der Waals surface area contributed by atoms with Crippen molar-refractivity contribution in [3.05, 3.63) is 54.1 Å². The van der Waals surface area contributed by atoms with Crippen molar-refractivity contribution >= 4 is 44.4 Å². The molecule has 1 aromatic heterocycles. The molecule has 28 heavy (non-hydrogen) atoms. The van der Waals surface area contributed by atoms with Crippen molar-refractivity contribution in [1.29, 1.82) is 0 Å². The van der Waals surface area contributed by atoms with Gasteiger partial charge in [0.05, 0.1) is 29.0 Å². The van der Waals surface area contributed by atoms with E-state index in [4.69, 9.17) is 9.72 Å². The molecule has 4 rings (SSSR count). The summed E-state index contributed by atoms with van der Waals surface area (Å²) >= 11 is 3.17. The molecule has 1 saturated heterocycles. The first-order valence-corrected chi connectivity index (χ1v) is 11.4. The maximum Gasteiger partial charge on any atom is 0.261 e. The van der Waals surface area contributed by atoms with Crippen LogP contribution in [0.4, 0.5) is 5.13 Å². The summed E-state index contributed by atoms with van der Waals surface area (Å²) in [5.41, 5.74) is 1.67. The van der Waals surface area contributed by atoms with Gasteiger partial charge in [0.15, 0.2) is 5.13 Å². The number of ether oxygens (including phenoxy) is 1. The average molecular weight is 414 g/mol. The van der Waals surface area contributed by atoms with E-state index < -0.39 is 0 Å². The number of thioether (sulfide) groups is 1. The quantitative estimate of drug-likeness (QED) is 0.572. The van der Waals surface area contributed by atoms with Crippen LogP contribution in [0.2, 0.25) is 0 Å². The molecule has 2 heterocycles. The third kappa shape index (κ3) is 4.22. The molecule has 0 bridgehead atoms. The maximum atomic E-state index is 13.5. The number of para-hydroxylation sites is 1. The lowest BCUT2D eigenvalue weighted by Gasteiger charge is -2.29. The molecule has 0 radical (unpaired) electrons. The number of thiazole rings is 1. The summed E-state index contributed by atoms with van der Waals surface area (Å²) in [5, 5.41) is 0.760. The van der Waals surface area contributed by atoms with Gasteiger partial charge in [0.1, 0.15) is 0 Å². The van der Waals surface area contributed by atoms with E-state index in [1.165, 1.54) is 0 Å². The molecular formula is C21H23N3O2S2. The second-order valence-electron chi connectivity index (χ2n) is 6.58. The summed E-state index contributed by atoms with van der Waals surface area (Å²) in [6.07, 6.45) is 2.00. The first-order valence-electron chi connectivity index (χ1n) is 9.37. The Bertz CT molecular complexity index is 920. The summed E-state index contributed by atoms with van der Waals surface area (Å²) < 4.78 is 6.54. The van der Waals surface area contributed by atoms with Gasteiger partial charge in [0.25, 0.3) is 5.91 Å². The van der Waals surface area contributed by atoms with Crippen molar-refractivity contribution in [1.82, 2.24) is 9.88 Å². The lowest BCUT2D eigenvalue weighted by Crippen LogP contribution is -2.43. The largest absolute Gasteiger partial charge is 0.379 e. The molecule has 3 aromatic rings. The SMILES string of the molecule is CSc1ccccc1C(=O)N(CCN1CCOCC1)c1nc2ccccc2s1. The van der Waals surface area contributed by atoms with E-state index in [0.717, 1.165) is 58.7 Å². The molecule has 5 nitrogen and oxygen atoms in total. The second kappa shape index (κ2) is 9.05. The predicted molar refractivity (Wildman–Crippen MR) is 117 cm³/mol. The molecule has 0 spiro atoms. The number of benzene rings is 2. The van der Waals surface area contributed by atoms with Gasteiger partial charge in [-0.15, -0.1) is 11.8 Å². The smallest absolute Gasteiger partial charge is 0.261 e. The number of amides is 1. The Morgan fingerprint density at radius 2 is 1.93 bits per heavy atom. The molecule has 7 heteroatoms. The van der Waals surface area contributed by atoms with Crippen molar-refractivity contribution < 1.29 is 9.53 Å². The van der Waals surface area contributed by atoms with Gasteiger partial charge in [-0.1, -0.05) is 35.6 Å². The third-order valence-electron chi connectivity index (χ3n) is 4.84. The highest BCUT2D eigenvalue weighted by atomic mass is 32.2. The second-order valence-corrected chi connectivity index (χ2v) is 8.43. The normalized spacial score (nSPS) is 15.0. The van der Waals surface area contributed by atoms with Gasteiger partial charge in [-0.2, -0.15) is 0 Å². The van der Waals surface area contributed by atoms with Crippen molar-refractivity contribution in [2.75, 3.05) is 50.5 Å². The molecule has 0 unspecified atom stereocenters. The molecule has 0 aliphatic carbocycles. The van der Waals surface area contributed by atoms with Crippen LogP contribution >= 0.6 is 23.1 Å². The Kier molecular flexibility index (Phi) is 6.26. The zero-order valence-electron chi connectivity index (χ0n) is 15.8. The average Bonchev–Trinajstić information content (AvgIpc) is 3.18. The van der Waals surface area contributed by atoms with Gasteiger partial charge < -0.3 is 4.74 Å². The number of aromatic nitrogens is 1. The van der Waals surface area contributed by atoms with Crippen LogP contribution in [-0.4, -0.2) is 61.4 Å². The minimum atomic E-state index is 0.0114. The fraction of sp³-hybridized carbons (Fsp3) is 0.333. The van der Waals surface area contributed by atoms with E-state index in [2.05, 4.69) is 11.0 Å². The number of fused-ring (bicyclic) bond motifs is 1. The predicted octanol–water partition coefficient (Wildman–Crippen LogP) is 4.00. The topological polar surface area (TPSA) is 45.7 Å². The zero-order chi connectivity index (χ0) is 19.3. The Morgan fingerprint density at radius 1 is 1.18 bits per heavy atom. The molecule has 0 atom stereocenters. The molecule has 1 fully saturated rings. The Hall–Kier alpha value is -1.93. The van der Waals surface area contributed by atoms with E-state index in [1.54, 1.807) is 23.1 Å². The minimum absolute atomic E-state index is 0.0114. The van der Waals surface area contributed by atoms with Gasteiger partial charge in [0.2, 0.25) is 0 Å². The zero-order valence-corrected chi connectivity index (χ0v) is 17.5. The van der Waals surface area contributed by atoms with Gasteiger partial charge >= 0.3 is 0 Å². The number of carbonyl (C=O) groups excluding carboxylic acids is 1. The van der Waals surface area contributed by atoms with Crippen LogP contribution in [0.1, 0.15) is 10.4 Å². The van der Waals surface area contributed by atoms with Crippen molar-refractivity contribution in [3.8, 4) is 0 Å². The number of anilines is 1. The van der Waals surface area contributed by atoms with Crippen molar-refractivity contribution in [3.63, 3.8) is 0 Å². The summed E-state index contributed by atoms with van der Waals surface area (Å²) in [6.45, 7) is 4.75. The Balaban J connectivity index is 1.64. The molecule has 0 saturated carbocycles. The highest BCUT2D eigenvalue weighted by Gasteiger charge is 2.24. The summed E-state index contributed by atoms with van der Waals surface area (Å²) in [7, 11) is 0. The summed E-state index contributed by atoms with van der Waals surface area (Å²) in [4.78, 5) is 23.4. The van der Waals surface area contributed by atoms with E-state index in [0.29, 0.717) is 6.54 Å². The maximum absolute atomic E-state index is 13.5. The lowest BCUT2D eigenvalue weighted by molar-refractivity contribution is 0.0391. The first-order chi connectivity index (χ1) is 13.8. The molecular weight excluding hydrogens is 390 g/mol. The van der Waals surface area contributed by atoms with Crippen molar-refractivity contribution in [2.24, 2.45) is 0 Å². The van der Waals surface area contributed by atoms with Crippen LogP contribution in [0.5, 0.6) is 0 Å². The molecule has 0 N–H and O–H groups in total. The molecule has 2 aromatic carbocycles. The number of carbonyl (C=O) groups is 1. The fourth-order valence-corrected chi connectivity index (χ4v) is 4.87. The van der Waals surface area contributed by atoms with Gasteiger partial charge in [-0.05, 0) is 30.5 Å². The highest BCUT2D eigenvalue weighted by Crippen LogP contribution is 2.31. The van der Waals surface area contributed by atoms with E-state index in [9.17, 15) is 4.79 Å². The summed E-state index contributed by atoms with van der Waals surface area (Å²) in [5.74, 6) is 0.0114. The van der Waals surface area contributed by atoms with E-state index in [-0.39, 0.29) is 5.91 Å². The standard InChI is InChI=1S/C21H23N3O2S2/c1-27-18-8-4-2-6-16(18)20(25)24(11-10-23-12-14-26-15-13-23)21-22-17-7-3-5-9-19(17)28-21/h2-9H,10-15H2,1H3. The monoisotopic (exact) mass is 413 g/mol. The van der Waals surface area contributed by atoms with Crippen LogP contribution in [-0.2, 0) is 4.74 Å². The molecule has 1 amide bonds. The molecule has 146 valence electrons. The van der Waals surface area contributed by atoms with Crippen molar-refractivity contribution in [2.45, 2.75) is 4.90 Å². The van der Waals surface area contributed by atoms with Crippen LogP contribution < -0.4 is 4.90 Å². The van der Waals surface area contributed by atoms with Crippen LogP contribution in [0.25, 0.3) is 10.2 Å². The summed E-state index contributed by atoms with van der Waals surface area (Å²) in [6, 6.07) is 15.8. The van der Waals surface area contributed by atoms with Crippen LogP contribution in [0.15, 0.2) is 53.4 Å². The van der Waals surface area contributed by atoms with E-state index >= 15 is 0 Å².